The zero-order chi connectivity index (χ0) is 12.7. The fourth-order valence-electron chi connectivity index (χ4n) is 1.47. The highest BCUT2D eigenvalue weighted by atomic mass is 19.1. The van der Waals surface area contributed by atoms with Gasteiger partial charge in [-0.15, -0.1) is 0 Å². The molecular weight excluding hydrogens is 219 g/mol. The van der Waals surface area contributed by atoms with Gasteiger partial charge in [0.05, 0.1) is 6.04 Å². The number of nitrogens with one attached hydrogen (secondary N) is 2. The van der Waals surface area contributed by atoms with Crippen LogP contribution in [0.2, 0.25) is 0 Å². The molecule has 4 nitrogen and oxygen atoms in total. The van der Waals surface area contributed by atoms with E-state index in [-0.39, 0.29) is 11.9 Å². The topological polar surface area (TPSA) is 62.4 Å². The molecule has 0 amide bonds. The van der Waals surface area contributed by atoms with Crippen molar-refractivity contribution in [2.75, 3.05) is 6.54 Å². The summed E-state index contributed by atoms with van der Waals surface area (Å²) >= 11 is 0. The van der Waals surface area contributed by atoms with Crippen LogP contribution in [0, 0.1) is 5.82 Å². The molecule has 94 valence electrons. The SMILES string of the molecule is CCCN=C(NN)NC(C)c1ccccc1F. The van der Waals surface area contributed by atoms with Crippen LogP contribution in [-0.4, -0.2) is 12.5 Å². The van der Waals surface area contributed by atoms with E-state index in [1.165, 1.54) is 6.07 Å². The summed E-state index contributed by atoms with van der Waals surface area (Å²) in [5.74, 6) is 5.58. The lowest BCUT2D eigenvalue weighted by molar-refractivity contribution is 0.575. The highest BCUT2D eigenvalue weighted by molar-refractivity contribution is 5.79. The number of nitrogens with two attached hydrogens (primary N) is 1. The summed E-state index contributed by atoms with van der Waals surface area (Å²) in [6.07, 6.45) is 0.931. The lowest BCUT2D eigenvalue weighted by atomic mass is 10.1. The Hall–Kier alpha value is -1.62. The molecule has 4 N–H and O–H groups in total. The largest absolute Gasteiger partial charge is 0.349 e. The number of hydrogen-bond acceptors (Lipinski definition) is 2. The van der Waals surface area contributed by atoms with Crippen molar-refractivity contribution >= 4 is 5.96 Å². The Balaban J connectivity index is 2.71. The van der Waals surface area contributed by atoms with Crippen LogP contribution in [-0.2, 0) is 0 Å². The van der Waals surface area contributed by atoms with Crippen molar-refractivity contribution in [3.05, 3.63) is 35.6 Å². The van der Waals surface area contributed by atoms with Crippen molar-refractivity contribution in [1.82, 2.24) is 10.7 Å². The minimum absolute atomic E-state index is 0.192. The zero-order valence-electron chi connectivity index (χ0n) is 10.2. The van der Waals surface area contributed by atoms with E-state index in [0.717, 1.165) is 6.42 Å². The second-order valence-electron chi connectivity index (χ2n) is 3.76. The average Bonchev–Trinajstić information content (AvgIpc) is 2.34. The molecule has 0 heterocycles. The van der Waals surface area contributed by atoms with Crippen LogP contribution in [0.15, 0.2) is 29.3 Å². The maximum atomic E-state index is 13.5. The van der Waals surface area contributed by atoms with Gasteiger partial charge in [-0.3, -0.25) is 10.4 Å². The smallest absolute Gasteiger partial charge is 0.206 e. The molecule has 0 saturated heterocycles. The molecule has 0 aromatic heterocycles. The van der Waals surface area contributed by atoms with Gasteiger partial charge in [-0.1, -0.05) is 25.1 Å². The molecule has 5 heteroatoms. The Kier molecular flexibility index (Phi) is 5.42. The van der Waals surface area contributed by atoms with Crippen molar-refractivity contribution in [3.63, 3.8) is 0 Å². The van der Waals surface area contributed by atoms with Crippen LogP contribution >= 0.6 is 0 Å². The van der Waals surface area contributed by atoms with Crippen LogP contribution < -0.4 is 16.6 Å². The Morgan fingerprint density at radius 1 is 1.47 bits per heavy atom. The van der Waals surface area contributed by atoms with Gasteiger partial charge in [0, 0.05) is 12.1 Å². The van der Waals surface area contributed by atoms with Gasteiger partial charge in [0.2, 0.25) is 5.96 Å². The van der Waals surface area contributed by atoms with Gasteiger partial charge in [0.15, 0.2) is 0 Å². The minimum Gasteiger partial charge on any atom is -0.349 e. The molecule has 0 aliphatic carbocycles. The number of rotatable bonds is 4. The number of aliphatic imine (C=N–C) groups is 1. The first-order valence-electron chi connectivity index (χ1n) is 5.71. The van der Waals surface area contributed by atoms with E-state index in [9.17, 15) is 4.39 Å². The van der Waals surface area contributed by atoms with Crippen LogP contribution in [0.3, 0.4) is 0 Å². The first-order valence-corrected chi connectivity index (χ1v) is 5.71. The van der Waals surface area contributed by atoms with Crippen molar-refractivity contribution in [2.24, 2.45) is 10.8 Å². The lowest BCUT2D eigenvalue weighted by Gasteiger charge is -2.17. The van der Waals surface area contributed by atoms with Gasteiger partial charge in [0.25, 0.3) is 0 Å². The molecule has 0 radical (unpaired) electrons. The molecule has 0 aliphatic rings. The molecule has 0 bridgehead atoms. The number of hydrazine groups is 1. The molecule has 1 unspecified atom stereocenters. The van der Waals surface area contributed by atoms with Gasteiger partial charge in [-0.05, 0) is 19.4 Å². The molecule has 1 atom stereocenters. The van der Waals surface area contributed by atoms with Crippen molar-refractivity contribution in [2.45, 2.75) is 26.3 Å². The fraction of sp³-hybridized carbons (Fsp3) is 0.417. The van der Waals surface area contributed by atoms with E-state index in [1.54, 1.807) is 18.2 Å². The van der Waals surface area contributed by atoms with Crippen molar-refractivity contribution in [1.29, 1.82) is 0 Å². The molecule has 0 fully saturated rings. The zero-order valence-corrected chi connectivity index (χ0v) is 10.2. The Bertz CT molecular complexity index is 379. The highest BCUT2D eigenvalue weighted by Crippen LogP contribution is 2.15. The molecule has 1 rings (SSSR count). The monoisotopic (exact) mass is 238 g/mol. The van der Waals surface area contributed by atoms with Crippen LogP contribution in [0.1, 0.15) is 31.9 Å². The third-order valence-corrected chi connectivity index (χ3v) is 2.36. The van der Waals surface area contributed by atoms with E-state index in [0.29, 0.717) is 18.1 Å². The third kappa shape index (κ3) is 4.03. The first-order chi connectivity index (χ1) is 8.19. The highest BCUT2D eigenvalue weighted by Gasteiger charge is 2.10. The molecular formula is C12H19FN4. The third-order valence-electron chi connectivity index (χ3n) is 2.36. The average molecular weight is 238 g/mol. The van der Waals surface area contributed by atoms with E-state index < -0.39 is 0 Å². The Morgan fingerprint density at radius 3 is 2.76 bits per heavy atom. The quantitative estimate of drug-likeness (QED) is 0.324. The summed E-state index contributed by atoms with van der Waals surface area (Å²) < 4.78 is 13.5. The maximum Gasteiger partial charge on any atom is 0.206 e. The molecule has 0 aliphatic heterocycles. The molecule has 1 aromatic carbocycles. The molecule has 0 spiro atoms. The molecule has 0 saturated carbocycles. The van der Waals surface area contributed by atoms with Gasteiger partial charge in [-0.25, -0.2) is 10.2 Å². The van der Waals surface area contributed by atoms with E-state index in [2.05, 4.69) is 15.7 Å². The van der Waals surface area contributed by atoms with Crippen molar-refractivity contribution < 1.29 is 4.39 Å². The number of hydrogen-bond donors (Lipinski definition) is 3. The number of guanidine groups is 1. The standard InChI is InChI=1S/C12H19FN4/c1-3-8-15-12(17-14)16-9(2)10-6-4-5-7-11(10)13/h4-7,9H,3,8,14H2,1-2H3,(H2,15,16,17). The van der Waals surface area contributed by atoms with E-state index in [1.807, 2.05) is 13.8 Å². The fourth-order valence-corrected chi connectivity index (χ4v) is 1.47. The molecule has 1 aromatic rings. The minimum atomic E-state index is -0.237. The summed E-state index contributed by atoms with van der Waals surface area (Å²) in [5.41, 5.74) is 3.06. The Labute approximate surface area is 101 Å². The first kappa shape index (κ1) is 13.4. The maximum absolute atomic E-state index is 13.5. The number of halogens is 1. The predicted molar refractivity (Wildman–Crippen MR) is 67.9 cm³/mol. The predicted octanol–water partition coefficient (Wildman–Crippen LogP) is 1.71. The van der Waals surface area contributed by atoms with Crippen LogP contribution in [0.25, 0.3) is 0 Å². The van der Waals surface area contributed by atoms with E-state index >= 15 is 0 Å². The number of nitrogens with zero attached hydrogens (tertiary/aromatic N) is 1. The van der Waals surface area contributed by atoms with Crippen LogP contribution in [0.5, 0.6) is 0 Å². The van der Waals surface area contributed by atoms with Gasteiger partial charge >= 0.3 is 0 Å². The second-order valence-corrected chi connectivity index (χ2v) is 3.76. The second kappa shape index (κ2) is 6.85. The van der Waals surface area contributed by atoms with Gasteiger partial charge in [0.1, 0.15) is 5.82 Å². The van der Waals surface area contributed by atoms with Crippen LogP contribution in [0.4, 0.5) is 4.39 Å². The summed E-state index contributed by atoms with van der Waals surface area (Å²) in [4.78, 5) is 4.20. The summed E-state index contributed by atoms with van der Waals surface area (Å²) in [6.45, 7) is 4.56. The summed E-state index contributed by atoms with van der Waals surface area (Å²) in [6, 6.07) is 6.45. The van der Waals surface area contributed by atoms with Gasteiger partial charge < -0.3 is 5.32 Å². The summed E-state index contributed by atoms with van der Waals surface area (Å²) in [7, 11) is 0. The van der Waals surface area contributed by atoms with Crippen molar-refractivity contribution in [3.8, 4) is 0 Å². The molecule has 17 heavy (non-hydrogen) atoms. The van der Waals surface area contributed by atoms with Gasteiger partial charge in [-0.2, -0.15) is 0 Å². The number of benzene rings is 1. The summed E-state index contributed by atoms with van der Waals surface area (Å²) in [5, 5.41) is 3.03. The lowest BCUT2D eigenvalue weighted by Crippen LogP contribution is -2.42. The van der Waals surface area contributed by atoms with E-state index in [4.69, 9.17) is 5.84 Å². The normalized spacial score (nSPS) is 13.3. The Morgan fingerprint density at radius 2 is 2.18 bits per heavy atom.